The maximum Gasteiger partial charge on any atom is 0.318 e. The van der Waals surface area contributed by atoms with Crippen LogP contribution in [0.25, 0.3) is 0 Å². The van der Waals surface area contributed by atoms with Crippen molar-refractivity contribution in [2.24, 2.45) is 11.3 Å². The molecule has 2 saturated heterocycles. The Bertz CT molecular complexity index is 398. The zero-order valence-corrected chi connectivity index (χ0v) is 10.2. The van der Waals surface area contributed by atoms with E-state index in [1.807, 2.05) is 0 Å². The molecule has 0 bridgehead atoms. The third kappa shape index (κ3) is 1.86. The number of carboxylic acid groups (broad SMARTS) is 1. The topological polar surface area (TPSA) is 69.6 Å². The first kappa shape index (κ1) is 13.2. The Morgan fingerprint density at radius 3 is 2.50 bits per heavy atom. The van der Waals surface area contributed by atoms with Gasteiger partial charge in [0.1, 0.15) is 5.41 Å². The van der Waals surface area contributed by atoms with E-state index in [0.717, 1.165) is 0 Å². The Morgan fingerprint density at radius 1 is 1.39 bits per heavy atom. The molecular formula is C11H16F2N2O3. The molecule has 2 aliphatic heterocycles. The van der Waals surface area contributed by atoms with E-state index in [-0.39, 0.29) is 19.6 Å². The van der Waals surface area contributed by atoms with Gasteiger partial charge in [-0.2, -0.15) is 0 Å². The van der Waals surface area contributed by atoms with Crippen molar-refractivity contribution in [3.05, 3.63) is 0 Å². The molecule has 0 aromatic carbocycles. The highest BCUT2D eigenvalue weighted by atomic mass is 19.3. The van der Waals surface area contributed by atoms with Crippen LogP contribution in [0, 0.1) is 11.3 Å². The standard InChI is InChI=1S/C11H16F2N2O3/c1-10(2,9(17)18)8(16)15-3-6-7(4-15)14-5-11(6,12)13/h6-7,14H,3-5H2,1-2H3,(H,17,18). The van der Waals surface area contributed by atoms with Crippen LogP contribution >= 0.6 is 0 Å². The molecule has 2 heterocycles. The number of hydrogen-bond donors (Lipinski definition) is 2. The third-order valence-electron chi connectivity index (χ3n) is 3.82. The smallest absolute Gasteiger partial charge is 0.318 e. The molecule has 2 atom stereocenters. The Balaban J connectivity index is 2.11. The lowest BCUT2D eigenvalue weighted by Gasteiger charge is -2.27. The molecule has 1 amide bonds. The minimum absolute atomic E-state index is 0.0831. The Labute approximate surface area is 103 Å². The first-order valence-corrected chi connectivity index (χ1v) is 5.80. The number of aliphatic carboxylic acids is 1. The molecule has 5 nitrogen and oxygen atoms in total. The zero-order chi connectivity index (χ0) is 13.7. The molecule has 2 N–H and O–H groups in total. The highest BCUT2D eigenvalue weighted by Crippen LogP contribution is 2.38. The van der Waals surface area contributed by atoms with Gasteiger partial charge in [0.15, 0.2) is 0 Å². The van der Waals surface area contributed by atoms with E-state index in [0.29, 0.717) is 0 Å². The van der Waals surface area contributed by atoms with Gasteiger partial charge in [0, 0.05) is 19.1 Å². The first-order valence-electron chi connectivity index (χ1n) is 5.80. The number of hydrogen-bond acceptors (Lipinski definition) is 3. The molecule has 102 valence electrons. The summed E-state index contributed by atoms with van der Waals surface area (Å²) in [4.78, 5) is 24.2. The molecule has 18 heavy (non-hydrogen) atoms. The zero-order valence-electron chi connectivity index (χ0n) is 10.2. The maximum absolute atomic E-state index is 13.5. The lowest BCUT2D eigenvalue weighted by atomic mass is 9.92. The first-order chi connectivity index (χ1) is 8.16. The molecule has 2 rings (SSSR count). The highest BCUT2D eigenvalue weighted by Gasteiger charge is 2.56. The van der Waals surface area contributed by atoms with Crippen molar-refractivity contribution in [2.75, 3.05) is 19.6 Å². The van der Waals surface area contributed by atoms with Gasteiger partial charge in [-0.05, 0) is 13.8 Å². The summed E-state index contributed by atoms with van der Waals surface area (Å²) in [5.41, 5.74) is -1.58. The van der Waals surface area contributed by atoms with E-state index in [1.165, 1.54) is 18.7 Å². The van der Waals surface area contributed by atoms with E-state index in [9.17, 15) is 18.4 Å². The van der Waals surface area contributed by atoms with E-state index in [2.05, 4.69) is 5.32 Å². The molecule has 2 unspecified atom stereocenters. The number of halogens is 2. The van der Waals surface area contributed by atoms with Crippen LogP contribution in [0.5, 0.6) is 0 Å². The fourth-order valence-electron chi connectivity index (χ4n) is 2.49. The van der Waals surface area contributed by atoms with Crippen molar-refractivity contribution >= 4 is 11.9 Å². The summed E-state index contributed by atoms with van der Waals surface area (Å²) < 4.78 is 26.9. The van der Waals surface area contributed by atoms with Crippen LogP contribution < -0.4 is 5.32 Å². The summed E-state index contributed by atoms with van der Waals surface area (Å²) in [6.45, 7) is 2.28. The van der Waals surface area contributed by atoms with Crippen molar-refractivity contribution in [2.45, 2.75) is 25.8 Å². The second kappa shape index (κ2) is 3.88. The lowest BCUT2D eigenvalue weighted by Crippen LogP contribution is -2.46. The molecule has 2 aliphatic rings. The summed E-state index contributed by atoms with van der Waals surface area (Å²) in [5.74, 6) is -5.59. The number of carbonyl (C=O) groups excluding carboxylic acids is 1. The number of fused-ring (bicyclic) bond motifs is 1. The number of nitrogens with zero attached hydrogens (tertiary/aromatic N) is 1. The number of carbonyl (C=O) groups is 2. The van der Waals surface area contributed by atoms with Gasteiger partial charge in [-0.15, -0.1) is 0 Å². The average Bonchev–Trinajstić information content (AvgIpc) is 2.79. The summed E-state index contributed by atoms with van der Waals surface area (Å²) in [7, 11) is 0. The van der Waals surface area contributed by atoms with Gasteiger partial charge in [0.2, 0.25) is 5.91 Å². The van der Waals surface area contributed by atoms with Crippen LogP contribution in [0.15, 0.2) is 0 Å². The van der Waals surface area contributed by atoms with Crippen molar-refractivity contribution in [3.63, 3.8) is 0 Å². The molecule has 0 radical (unpaired) electrons. The van der Waals surface area contributed by atoms with Crippen LogP contribution in [0.3, 0.4) is 0 Å². The average molecular weight is 262 g/mol. The summed E-state index contributed by atoms with van der Waals surface area (Å²) in [6.07, 6.45) is 0. The van der Waals surface area contributed by atoms with Gasteiger partial charge in [-0.25, -0.2) is 8.78 Å². The summed E-state index contributed by atoms with van der Waals surface area (Å²) >= 11 is 0. The van der Waals surface area contributed by atoms with Crippen molar-refractivity contribution < 1.29 is 23.5 Å². The molecule has 7 heteroatoms. The second-order valence-electron chi connectivity index (χ2n) is 5.50. The Hall–Kier alpha value is -1.24. The van der Waals surface area contributed by atoms with E-state index in [1.54, 1.807) is 0 Å². The molecule has 0 spiro atoms. The SMILES string of the molecule is CC(C)(C(=O)O)C(=O)N1CC2NCC(F)(F)C2C1. The van der Waals surface area contributed by atoms with Crippen LogP contribution in [0.1, 0.15) is 13.8 Å². The number of carboxylic acids is 1. The van der Waals surface area contributed by atoms with Crippen LogP contribution in [-0.4, -0.2) is 53.5 Å². The van der Waals surface area contributed by atoms with Gasteiger partial charge >= 0.3 is 5.97 Å². The summed E-state index contributed by atoms with van der Waals surface area (Å²) in [5, 5.41) is 11.6. The van der Waals surface area contributed by atoms with Crippen molar-refractivity contribution in [1.82, 2.24) is 10.2 Å². The fraction of sp³-hybridized carbons (Fsp3) is 0.818. The van der Waals surface area contributed by atoms with Crippen LogP contribution in [0.4, 0.5) is 8.78 Å². The van der Waals surface area contributed by atoms with Crippen molar-refractivity contribution in [3.8, 4) is 0 Å². The largest absolute Gasteiger partial charge is 0.480 e. The monoisotopic (exact) mass is 262 g/mol. The molecule has 0 aromatic heterocycles. The van der Waals surface area contributed by atoms with Crippen LogP contribution in [-0.2, 0) is 9.59 Å². The van der Waals surface area contributed by atoms with Gasteiger partial charge < -0.3 is 15.3 Å². The molecule has 0 aliphatic carbocycles. The van der Waals surface area contributed by atoms with Gasteiger partial charge in [-0.3, -0.25) is 9.59 Å². The number of amides is 1. The van der Waals surface area contributed by atoms with Gasteiger partial charge in [-0.1, -0.05) is 0 Å². The fourth-order valence-corrected chi connectivity index (χ4v) is 2.49. The number of rotatable bonds is 2. The lowest BCUT2D eigenvalue weighted by molar-refractivity contribution is -0.158. The predicted octanol–water partition coefficient (Wildman–Crippen LogP) is 0.163. The van der Waals surface area contributed by atoms with E-state index in [4.69, 9.17) is 5.11 Å². The number of nitrogens with one attached hydrogen (secondary N) is 1. The minimum atomic E-state index is -2.83. The van der Waals surface area contributed by atoms with E-state index >= 15 is 0 Å². The summed E-state index contributed by atoms with van der Waals surface area (Å²) in [6, 6.07) is -0.437. The van der Waals surface area contributed by atoms with Crippen molar-refractivity contribution in [1.29, 1.82) is 0 Å². The van der Waals surface area contributed by atoms with Crippen LogP contribution in [0.2, 0.25) is 0 Å². The molecule has 2 fully saturated rings. The Morgan fingerprint density at radius 2 is 2.00 bits per heavy atom. The molecule has 0 saturated carbocycles. The van der Waals surface area contributed by atoms with E-state index < -0.39 is 35.2 Å². The van der Waals surface area contributed by atoms with Gasteiger partial charge in [0.05, 0.1) is 12.5 Å². The normalized spacial score (nSPS) is 30.3. The number of alkyl halides is 2. The third-order valence-corrected chi connectivity index (χ3v) is 3.82. The quantitative estimate of drug-likeness (QED) is 0.696. The molecule has 0 aromatic rings. The van der Waals surface area contributed by atoms with Gasteiger partial charge in [0.25, 0.3) is 5.92 Å². The molecular weight excluding hydrogens is 246 g/mol. The number of likely N-dealkylation sites (tertiary alicyclic amines) is 1. The minimum Gasteiger partial charge on any atom is -0.480 e. The second-order valence-corrected chi connectivity index (χ2v) is 5.50. The predicted molar refractivity (Wildman–Crippen MR) is 58.2 cm³/mol. The Kier molecular flexibility index (Phi) is 2.84. The highest BCUT2D eigenvalue weighted by molar-refractivity contribution is 6.01. The maximum atomic E-state index is 13.5.